The Labute approximate surface area is 167 Å². The van der Waals surface area contributed by atoms with E-state index in [1.54, 1.807) is 26.1 Å². The fourth-order valence-electron chi connectivity index (χ4n) is 3.83. The van der Waals surface area contributed by atoms with Crippen LogP contribution in [0.3, 0.4) is 0 Å². The van der Waals surface area contributed by atoms with E-state index in [0.717, 1.165) is 18.7 Å². The highest BCUT2D eigenvalue weighted by molar-refractivity contribution is 6.09. The van der Waals surface area contributed by atoms with Crippen molar-refractivity contribution in [2.75, 3.05) is 20.1 Å². The average Bonchev–Trinajstić information content (AvgIpc) is 2.87. The van der Waals surface area contributed by atoms with Crippen LogP contribution < -0.4 is 15.8 Å². The minimum atomic E-state index is -2.92. The number of aryl methyl sites for hydroxylation is 1. The van der Waals surface area contributed by atoms with Gasteiger partial charge in [0.05, 0.1) is 0 Å². The molecule has 1 amide bonds. The van der Waals surface area contributed by atoms with Crippen molar-refractivity contribution < 1.29 is 18.3 Å². The van der Waals surface area contributed by atoms with Gasteiger partial charge >= 0.3 is 6.61 Å². The number of guanidine groups is 1. The first-order chi connectivity index (χ1) is 13.8. The van der Waals surface area contributed by atoms with E-state index < -0.39 is 12.2 Å². The molecular weight excluding hydrogens is 378 g/mol. The number of benzene rings is 2. The summed E-state index contributed by atoms with van der Waals surface area (Å²) in [6.45, 7) is 0.499. The maximum absolute atomic E-state index is 13.3. The molecule has 152 valence electrons. The Balaban J connectivity index is 1.86. The van der Waals surface area contributed by atoms with Gasteiger partial charge in [-0.15, -0.1) is 0 Å². The number of nitrogens with zero attached hydrogens (tertiary/aromatic N) is 2. The summed E-state index contributed by atoms with van der Waals surface area (Å²) < 4.78 is 29.8. The Morgan fingerprint density at radius 3 is 2.52 bits per heavy atom. The molecule has 1 saturated heterocycles. The van der Waals surface area contributed by atoms with Gasteiger partial charge in [0, 0.05) is 26.1 Å². The highest BCUT2D eigenvalue weighted by Crippen LogP contribution is 2.41. The number of likely N-dealkylation sites (N-methyl/N-ethyl adjacent to an activating group) is 1. The summed E-state index contributed by atoms with van der Waals surface area (Å²) in [6, 6.07) is 12.5. The monoisotopic (exact) mass is 400 g/mol. The summed E-state index contributed by atoms with van der Waals surface area (Å²) in [7, 11) is 1.57. The Hall–Kier alpha value is -3.00. The van der Waals surface area contributed by atoms with Crippen molar-refractivity contribution in [3.05, 3.63) is 64.7 Å². The lowest BCUT2D eigenvalue weighted by atomic mass is 9.80. The standard InChI is InChI=1S/C21H22F2N4O2/c1-12-8-16(6-7-17(12)29-19(22)23)21(18(28)27(2)20(24)26-21)15-5-3-4-13(9-15)14-10-25-11-14/h3-9,14,19,25H,10-11H2,1-2H3,(H2,24,26). The molecule has 2 heterocycles. The van der Waals surface area contributed by atoms with Crippen LogP contribution in [-0.4, -0.2) is 43.5 Å². The average molecular weight is 400 g/mol. The molecule has 2 aliphatic rings. The van der Waals surface area contributed by atoms with Gasteiger partial charge in [0.25, 0.3) is 5.91 Å². The van der Waals surface area contributed by atoms with Crippen LogP contribution in [0.1, 0.15) is 28.2 Å². The molecule has 0 radical (unpaired) electrons. The van der Waals surface area contributed by atoms with Crippen molar-refractivity contribution in [2.24, 2.45) is 10.7 Å². The van der Waals surface area contributed by atoms with E-state index in [2.05, 4.69) is 15.0 Å². The summed E-state index contributed by atoms with van der Waals surface area (Å²) in [5.41, 5.74) is 7.50. The van der Waals surface area contributed by atoms with Crippen molar-refractivity contribution in [2.45, 2.75) is 25.0 Å². The fraction of sp³-hybridized carbons (Fsp3) is 0.333. The van der Waals surface area contributed by atoms with Gasteiger partial charge < -0.3 is 15.8 Å². The van der Waals surface area contributed by atoms with Crippen LogP contribution in [0.2, 0.25) is 0 Å². The van der Waals surface area contributed by atoms with Crippen LogP contribution in [0.4, 0.5) is 8.78 Å². The molecule has 8 heteroatoms. The van der Waals surface area contributed by atoms with Gasteiger partial charge in [0.15, 0.2) is 11.5 Å². The smallest absolute Gasteiger partial charge is 0.387 e. The Morgan fingerprint density at radius 1 is 1.24 bits per heavy atom. The first kappa shape index (κ1) is 19.3. The van der Waals surface area contributed by atoms with Gasteiger partial charge in [-0.2, -0.15) is 8.78 Å². The van der Waals surface area contributed by atoms with Crippen LogP contribution in [0, 0.1) is 6.92 Å². The number of nitrogens with one attached hydrogen (secondary N) is 1. The van der Waals surface area contributed by atoms with Crippen LogP contribution in [-0.2, 0) is 10.3 Å². The molecule has 6 nitrogen and oxygen atoms in total. The number of carbonyl (C=O) groups excluding carboxylic acids is 1. The van der Waals surface area contributed by atoms with E-state index in [-0.39, 0.29) is 17.6 Å². The Kier molecular flexibility index (Phi) is 4.74. The van der Waals surface area contributed by atoms with Gasteiger partial charge in [-0.3, -0.25) is 9.69 Å². The topological polar surface area (TPSA) is 80.0 Å². The number of halogens is 2. The fourth-order valence-corrected chi connectivity index (χ4v) is 3.83. The van der Waals surface area contributed by atoms with Gasteiger partial charge in [-0.1, -0.05) is 30.3 Å². The molecule has 4 rings (SSSR count). The van der Waals surface area contributed by atoms with Crippen LogP contribution in [0.15, 0.2) is 47.5 Å². The molecule has 0 aromatic heterocycles. The number of carbonyl (C=O) groups is 1. The van der Waals surface area contributed by atoms with Crippen molar-refractivity contribution in [3.63, 3.8) is 0 Å². The highest BCUT2D eigenvalue weighted by atomic mass is 19.3. The Morgan fingerprint density at radius 2 is 1.97 bits per heavy atom. The van der Waals surface area contributed by atoms with Gasteiger partial charge in [0.1, 0.15) is 5.75 Å². The van der Waals surface area contributed by atoms with Crippen molar-refractivity contribution in [1.82, 2.24) is 10.2 Å². The third-order valence-corrected chi connectivity index (χ3v) is 5.61. The number of ether oxygens (including phenoxy) is 1. The maximum atomic E-state index is 13.3. The minimum Gasteiger partial charge on any atom is -0.435 e. The molecule has 3 N–H and O–H groups in total. The van der Waals surface area contributed by atoms with E-state index in [0.29, 0.717) is 22.6 Å². The zero-order valence-electron chi connectivity index (χ0n) is 16.2. The number of nitrogens with two attached hydrogens (primary N) is 1. The van der Waals surface area contributed by atoms with Crippen molar-refractivity contribution in [3.8, 4) is 5.75 Å². The second kappa shape index (κ2) is 7.11. The Bertz CT molecular complexity index is 990. The lowest BCUT2D eigenvalue weighted by Gasteiger charge is -2.30. The maximum Gasteiger partial charge on any atom is 0.387 e. The molecule has 1 unspecified atom stereocenters. The zero-order valence-corrected chi connectivity index (χ0v) is 16.2. The molecule has 1 atom stereocenters. The number of aliphatic imine (C=N–C) groups is 1. The molecule has 29 heavy (non-hydrogen) atoms. The number of hydrogen-bond acceptors (Lipinski definition) is 5. The second-order valence-corrected chi connectivity index (χ2v) is 7.38. The number of alkyl halides is 2. The van der Waals surface area contributed by atoms with Gasteiger partial charge in [0.2, 0.25) is 0 Å². The van der Waals surface area contributed by atoms with Crippen LogP contribution >= 0.6 is 0 Å². The predicted octanol–water partition coefficient (Wildman–Crippen LogP) is 2.31. The summed E-state index contributed by atoms with van der Waals surface area (Å²) in [4.78, 5) is 19.2. The molecule has 0 aliphatic carbocycles. The largest absolute Gasteiger partial charge is 0.435 e. The molecule has 2 aromatic rings. The lowest BCUT2D eigenvalue weighted by molar-refractivity contribution is -0.129. The molecule has 0 spiro atoms. The van der Waals surface area contributed by atoms with E-state index in [9.17, 15) is 13.6 Å². The highest BCUT2D eigenvalue weighted by Gasteiger charge is 2.49. The normalized spacial score (nSPS) is 22.0. The third-order valence-electron chi connectivity index (χ3n) is 5.61. The summed E-state index contributed by atoms with van der Waals surface area (Å²) in [5, 5.41) is 3.24. The zero-order chi connectivity index (χ0) is 20.8. The third kappa shape index (κ3) is 3.13. The van der Waals surface area contributed by atoms with E-state index in [1.165, 1.54) is 11.0 Å². The lowest BCUT2D eigenvalue weighted by Crippen LogP contribution is -2.42. The van der Waals surface area contributed by atoms with Crippen molar-refractivity contribution >= 4 is 11.9 Å². The molecule has 1 fully saturated rings. The quantitative estimate of drug-likeness (QED) is 0.807. The number of amides is 1. The molecule has 0 bridgehead atoms. The minimum absolute atomic E-state index is 0.0592. The summed E-state index contributed by atoms with van der Waals surface area (Å²) in [6.07, 6.45) is 0. The second-order valence-electron chi connectivity index (χ2n) is 7.38. The number of hydrogen-bond donors (Lipinski definition) is 2. The van der Waals surface area contributed by atoms with Crippen LogP contribution in [0.5, 0.6) is 5.75 Å². The first-order valence-corrected chi connectivity index (χ1v) is 9.33. The predicted molar refractivity (Wildman–Crippen MR) is 105 cm³/mol. The van der Waals surface area contributed by atoms with Gasteiger partial charge in [-0.25, -0.2) is 4.99 Å². The first-order valence-electron chi connectivity index (χ1n) is 9.33. The van der Waals surface area contributed by atoms with Crippen LogP contribution in [0.25, 0.3) is 0 Å². The van der Waals surface area contributed by atoms with Crippen molar-refractivity contribution in [1.29, 1.82) is 0 Å². The van der Waals surface area contributed by atoms with E-state index in [4.69, 9.17) is 5.73 Å². The molecule has 2 aliphatic heterocycles. The molecular formula is C21H22F2N4O2. The SMILES string of the molecule is Cc1cc(C2(c3cccc(C4CNC4)c3)N=C(N)N(C)C2=O)ccc1OC(F)F. The van der Waals surface area contributed by atoms with Gasteiger partial charge in [-0.05, 0) is 41.3 Å². The number of rotatable bonds is 5. The summed E-state index contributed by atoms with van der Waals surface area (Å²) >= 11 is 0. The van der Waals surface area contributed by atoms with E-state index >= 15 is 0 Å². The summed E-state index contributed by atoms with van der Waals surface area (Å²) in [5.74, 6) is 0.257. The van der Waals surface area contributed by atoms with E-state index in [1.807, 2.05) is 24.3 Å². The molecule has 2 aromatic carbocycles. The molecule has 0 saturated carbocycles.